The van der Waals surface area contributed by atoms with Crippen molar-refractivity contribution in [3.05, 3.63) is 52.8 Å². The van der Waals surface area contributed by atoms with Crippen LogP contribution < -0.4 is 4.80 Å². The van der Waals surface area contributed by atoms with Gasteiger partial charge in [-0.3, -0.25) is 9.59 Å². The molecule has 3 aromatic rings. The van der Waals surface area contributed by atoms with Crippen LogP contribution in [0.5, 0.6) is 0 Å². The first-order valence-corrected chi connectivity index (χ1v) is 14.2. The number of aromatic nitrogens is 1. The summed E-state index contributed by atoms with van der Waals surface area (Å²) in [4.78, 5) is 31.0. The molecule has 0 atom stereocenters. The summed E-state index contributed by atoms with van der Waals surface area (Å²) >= 11 is 2.91. The number of sulfonamides is 1. The number of nitrogens with zero attached hydrogens (tertiary/aromatic N) is 3. The number of carbonyl (C=O) groups excluding carboxylic acids is 2. The first-order chi connectivity index (χ1) is 16.2. The summed E-state index contributed by atoms with van der Waals surface area (Å²) in [6.07, 6.45) is 3.71. The van der Waals surface area contributed by atoms with E-state index in [4.69, 9.17) is 4.74 Å². The highest BCUT2D eigenvalue weighted by atomic mass is 32.2. The summed E-state index contributed by atoms with van der Waals surface area (Å²) in [5.74, 6) is -0.937. The number of benzene rings is 2. The van der Waals surface area contributed by atoms with Gasteiger partial charge in [0, 0.05) is 23.5 Å². The van der Waals surface area contributed by atoms with Crippen LogP contribution in [0, 0.1) is 0 Å². The molecule has 0 unspecified atom stereocenters. The molecule has 180 valence electrons. The molecule has 11 heteroatoms. The summed E-state index contributed by atoms with van der Waals surface area (Å²) in [5.41, 5.74) is 1.05. The fourth-order valence-corrected chi connectivity index (χ4v) is 6.47. The highest BCUT2D eigenvalue weighted by Gasteiger charge is 2.35. The third-order valence-electron chi connectivity index (χ3n) is 5.52. The van der Waals surface area contributed by atoms with Crippen molar-refractivity contribution in [2.75, 3.05) is 19.9 Å². The number of amides is 1. The van der Waals surface area contributed by atoms with Crippen molar-refractivity contribution >= 4 is 55.2 Å². The second kappa shape index (κ2) is 10.0. The molecule has 1 aliphatic rings. The number of ether oxygens (including phenoxy) is 1. The van der Waals surface area contributed by atoms with Crippen LogP contribution in [-0.2, 0) is 26.1 Å². The maximum Gasteiger partial charge on any atom is 0.326 e. The molecule has 34 heavy (non-hydrogen) atoms. The fraction of sp³-hybridized carbons (Fsp3) is 0.348. The molecular formula is C23H25N3O5S3. The van der Waals surface area contributed by atoms with Crippen molar-refractivity contribution in [2.24, 2.45) is 4.99 Å². The third kappa shape index (κ3) is 5.12. The maximum atomic E-state index is 12.9. The van der Waals surface area contributed by atoms with Gasteiger partial charge in [0.15, 0.2) is 4.80 Å². The van der Waals surface area contributed by atoms with Gasteiger partial charge in [0.1, 0.15) is 6.54 Å². The molecule has 0 radical (unpaired) electrons. The number of fused-ring (bicyclic) bond motifs is 1. The number of esters is 1. The van der Waals surface area contributed by atoms with Gasteiger partial charge in [0.05, 0.1) is 21.7 Å². The number of hydrogen-bond donors (Lipinski definition) is 0. The van der Waals surface area contributed by atoms with E-state index in [0.717, 1.165) is 28.0 Å². The molecule has 0 bridgehead atoms. The minimum absolute atomic E-state index is 0.0516. The van der Waals surface area contributed by atoms with Crippen molar-refractivity contribution in [2.45, 2.75) is 42.1 Å². The standard InChI is InChI=1S/C23H25N3O5S3/c1-4-31-21(27)14-26-19-12-9-17(32-3)13-20(19)33-23(26)24-22(28)15-5-10-18(11-6-15)34(29,30)25(2)16-7-8-16/h5-6,9-13,16H,4,7-8,14H2,1-3H3. The van der Waals surface area contributed by atoms with Gasteiger partial charge in [0.2, 0.25) is 10.0 Å². The van der Waals surface area contributed by atoms with Crippen molar-refractivity contribution in [1.29, 1.82) is 0 Å². The van der Waals surface area contributed by atoms with Crippen molar-refractivity contribution in [3.8, 4) is 0 Å². The lowest BCUT2D eigenvalue weighted by Crippen LogP contribution is -2.28. The highest BCUT2D eigenvalue weighted by Crippen LogP contribution is 2.30. The van der Waals surface area contributed by atoms with Crippen LogP contribution >= 0.6 is 23.1 Å². The Hall–Kier alpha value is -2.47. The Bertz CT molecular complexity index is 1400. The normalized spacial score (nSPS) is 14.6. The lowest BCUT2D eigenvalue weighted by molar-refractivity contribution is -0.143. The molecule has 1 heterocycles. The first-order valence-electron chi connectivity index (χ1n) is 10.7. The smallest absolute Gasteiger partial charge is 0.326 e. The number of thioether (sulfide) groups is 1. The Balaban J connectivity index is 1.68. The summed E-state index contributed by atoms with van der Waals surface area (Å²) in [6.45, 7) is 1.93. The lowest BCUT2D eigenvalue weighted by atomic mass is 10.2. The molecule has 0 N–H and O–H groups in total. The molecule has 1 aliphatic carbocycles. The molecule has 8 nitrogen and oxygen atoms in total. The van der Waals surface area contributed by atoms with E-state index >= 15 is 0 Å². The molecule has 0 aliphatic heterocycles. The average molecular weight is 520 g/mol. The summed E-state index contributed by atoms with van der Waals surface area (Å²) in [6, 6.07) is 11.7. The summed E-state index contributed by atoms with van der Waals surface area (Å²) in [7, 11) is -2.01. The number of rotatable bonds is 8. The zero-order chi connectivity index (χ0) is 24.5. The van der Waals surface area contributed by atoms with Gasteiger partial charge >= 0.3 is 5.97 Å². The van der Waals surface area contributed by atoms with Crippen LogP contribution in [0.3, 0.4) is 0 Å². The van der Waals surface area contributed by atoms with Crippen LogP contribution in [0.4, 0.5) is 0 Å². The first kappa shape index (κ1) is 24.6. The van der Waals surface area contributed by atoms with Crippen molar-refractivity contribution in [1.82, 2.24) is 8.87 Å². The number of carbonyl (C=O) groups is 2. The number of thiazole rings is 1. The van der Waals surface area contributed by atoms with E-state index in [1.54, 1.807) is 30.3 Å². The van der Waals surface area contributed by atoms with Crippen LogP contribution in [0.15, 0.2) is 57.2 Å². The molecule has 0 saturated heterocycles. The van der Waals surface area contributed by atoms with Gasteiger partial charge in [-0.2, -0.15) is 9.30 Å². The molecule has 1 fully saturated rings. The zero-order valence-corrected chi connectivity index (χ0v) is 21.5. The van der Waals surface area contributed by atoms with Gasteiger partial charge < -0.3 is 9.30 Å². The van der Waals surface area contributed by atoms with Gasteiger partial charge in [-0.1, -0.05) is 11.3 Å². The van der Waals surface area contributed by atoms with E-state index in [-0.39, 0.29) is 29.7 Å². The van der Waals surface area contributed by atoms with E-state index < -0.39 is 21.9 Å². The third-order valence-corrected chi connectivity index (χ3v) is 9.21. The maximum absolute atomic E-state index is 12.9. The minimum atomic E-state index is -3.59. The topological polar surface area (TPSA) is 98.0 Å². The van der Waals surface area contributed by atoms with Crippen molar-refractivity contribution < 1.29 is 22.7 Å². The van der Waals surface area contributed by atoms with Crippen LogP contribution in [-0.4, -0.2) is 55.1 Å². The molecule has 4 rings (SSSR count). The van der Waals surface area contributed by atoms with Crippen LogP contribution in [0.25, 0.3) is 10.2 Å². The van der Waals surface area contributed by atoms with E-state index in [1.165, 1.54) is 39.9 Å². The molecule has 1 amide bonds. The summed E-state index contributed by atoms with van der Waals surface area (Å²) < 4.78 is 34.5. The Morgan fingerprint density at radius 2 is 1.91 bits per heavy atom. The number of hydrogen-bond acceptors (Lipinski definition) is 7. The van der Waals surface area contributed by atoms with E-state index in [0.29, 0.717) is 4.80 Å². The van der Waals surface area contributed by atoms with Crippen LogP contribution in [0.2, 0.25) is 0 Å². The zero-order valence-electron chi connectivity index (χ0n) is 19.1. The quantitative estimate of drug-likeness (QED) is 0.334. The lowest BCUT2D eigenvalue weighted by Gasteiger charge is -2.16. The predicted octanol–water partition coefficient (Wildman–Crippen LogP) is 3.51. The summed E-state index contributed by atoms with van der Waals surface area (Å²) in [5, 5.41) is 0. The van der Waals surface area contributed by atoms with Gasteiger partial charge in [-0.05, 0) is 68.5 Å². The fourth-order valence-electron chi connectivity index (χ4n) is 3.48. The Morgan fingerprint density at radius 1 is 1.21 bits per heavy atom. The van der Waals surface area contributed by atoms with Gasteiger partial charge in [-0.25, -0.2) is 8.42 Å². The largest absolute Gasteiger partial charge is 0.465 e. The molecule has 1 aromatic heterocycles. The van der Waals surface area contributed by atoms with Crippen LogP contribution in [0.1, 0.15) is 30.1 Å². The Kier molecular flexibility index (Phi) is 7.27. The van der Waals surface area contributed by atoms with E-state index in [1.807, 2.05) is 24.5 Å². The average Bonchev–Trinajstić information content (AvgIpc) is 3.62. The second-order valence-corrected chi connectivity index (χ2v) is 11.7. The highest BCUT2D eigenvalue weighted by molar-refractivity contribution is 7.98. The minimum Gasteiger partial charge on any atom is -0.465 e. The molecular weight excluding hydrogens is 494 g/mol. The second-order valence-electron chi connectivity index (χ2n) is 7.80. The molecule has 1 saturated carbocycles. The van der Waals surface area contributed by atoms with Gasteiger partial charge in [-0.15, -0.1) is 11.8 Å². The van der Waals surface area contributed by atoms with E-state index in [9.17, 15) is 18.0 Å². The van der Waals surface area contributed by atoms with Crippen molar-refractivity contribution in [3.63, 3.8) is 0 Å². The van der Waals surface area contributed by atoms with E-state index in [2.05, 4.69) is 4.99 Å². The van der Waals surface area contributed by atoms with Gasteiger partial charge in [0.25, 0.3) is 5.91 Å². The SMILES string of the molecule is CCOC(=O)Cn1c(=NC(=O)c2ccc(S(=O)(=O)N(C)C3CC3)cc2)sc2cc(SC)ccc21. The Morgan fingerprint density at radius 3 is 2.53 bits per heavy atom. The molecule has 0 spiro atoms. The monoisotopic (exact) mass is 519 g/mol. The predicted molar refractivity (Wildman–Crippen MR) is 133 cm³/mol. The Labute approximate surface area is 206 Å². The molecule has 2 aromatic carbocycles.